The minimum Gasteiger partial charge on any atom is -0.380 e. The van der Waals surface area contributed by atoms with Gasteiger partial charge in [0.2, 0.25) is 0 Å². The summed E-state index contributed by atoms with van der Waals surface area (Å²) in [6.45, 7) is 0.0908. The normalized spacial score (nSPS) is 10.4. The molecule has 0 aliphatic heterocycles. The van der Waals surface area contributed by atoms with Crippen LogP contribution in [0.2, 0.25) is 0 Å². The van der Waals surface area contributed by atoms with Crippen LogP contribution in [0.4, 0.5) is 14.5 Å². The number of halogens is 4. The van der Waals surface area contributed by atoms with Gasteiger partial charge in [-0.25, -0.2) is 8.78 Å². The second kappa shape index (κ2) is 5.80. The lowest BCUT2D eigenvalue weighted by molar-refractivity contribution is 0.560. The van der Waals surface area contributed by atoms with Gasteiger partial charge in [0.15, 0.2) is 0 Å². The molecule has 0 saturated heterocycles. The van der Waals surface area contributed by atoms with E-state index in [2.05, 4.69) is 37.2 Å². The van der Waals surface area contributed by atoms with Gasteiger partial charge in [0.1, 0.15) is 11.6 Å². The molecular formula is C13H9Br2F2N. The molecule has 1 nitrogen and oxygen atoms in total. The fourth-order valence-electron chi connectivity index (χ4n) is 1.52. The second-order valence-corrected chi connectivity index (χ2v) is 5.45. The topological polar surface area (TPSA) is 12.0 Å². The van der Waals surface area contributed by atoms with Crippen molar-refractivity contribution in [2.24, 2.45) is 0 Å². The monoisotopic (exact) mass is 375 g/mol. The first-order chi connectivity index (χ1) is 8.58. The molecule has 0 aromatic heterocycles. The molecule has 0 aliphatic carbocycles. The summed E-state index contributed by atoms with van der Waals surface area (Å²) in [5.74, 6) is -1.10. The molecule has 0 unspecified atom stereocenters. The van der Waals surface area contributed by atoms with Crippen LogP contribution in [-0.4, -0.2) is 0 Å². The van der Waals surface area contributed by atoms with Crippen LogP contribution >= 0.6 is 31.9 Å². The van der Waals surface area contributed by atoms with E-state index in [9.17, 15) is 8.78 Å². The lowest BCUT2D eigenvalue weighted by Crippen LogP contribution is -2.05. The van der Waals surface area contributed by atoms with Crippen LogP contribution in [0.3, 0.4) is 0 Å². The molecule has 0 aliphatic rings. The second-order valence-electron chi connectivity index (χ2n) is 3.68. The van der Waals surface area contributed by atoms with Gasteiger partial charge in [-0.05, 0) is 46.3 Å². The lowest BCUT2D eigenvalue weighted by atomic mass is 10.2. The largest absolute Gasteiger partial charge is 0.380 e. The Balaban J connectivity index is 2.19. The van der Waals surface area contributed by atoms with E-state index in [-0.39, 0.29) is 12.1 Å². The molecule has 0 saturated carbocycles. The average molecular weight is 377 g/mol. The highest BCUT2D eigenvalue weighted by Crippen LogP contribution is 2.27. The number of hydrogen-bond donors (Lipinski definition) is 1. The molecule has 0 atom stereocenters. The smallest absolute Gasteiger partial charge is 0.131 e. The van der Waals surface area contributed by atoms with Crippen LogP contribution in [0.15, 0.2) is 45.3 Å². The SMILES string of the molecule is Fc1cccc(F)c1CNc1cc(Br)ccc1Br. The van der Waals surface area contributed by atoms with Crippen molar-refractivity contribution in [3.05, 3.63) is 62.5 Å². The highest BCUT2D eigenvalue weighted by Gasteiger charge is 2.08. The van der Waals surface area contributed by atoms with E-state index in [1.807, 2.05) is 18.2 Å². The summed E-state index contributed by atoms with van der Waals surface area (Å²) >= 11 is 6.71. The summed E-state index contributed by atoms with van der Waals surface area (Å²) in [6, 6.07) is 9.40. The Bertz CT molecular complexity index is 553. The van der Waals surface area contributed by atoms with Gasteiger partial charge in [0.05, 0.1) is 0 Å². The van der Waals surface area contributed by atoms with Crippen molar-refractivity contribution >= 4 is 37.5 Å². The van der Waals surface area contributed by atoms with Crippen molar-refractivity contribution in [2.45, 2.75) is 6.54 Å². The molecule has 0 fully saturated rings. The Kier molecular flexibility index (Phi) is 4.35. The first kappa shape index (κ1) is 13.5. The summed E-state index contributed by atoms with van der Waals surface area (Å²) in [5, 5.41) is 2.99. The van der Waals surface area contributed by atoms with Crippen LogP contribution in [0.1, 0.15) is 5.56 Å². The fraction of sp³-hybridized carbons (Fsp3) is 0.0769. The summed E-state index contributed by atoms with van der Waals surface area (Å²) in [4.78, 5) is 0. The summed E-state index contributed by atoms with van der Waals surface area (Å²) in [6.07, 6.45) is 0. The maximum Gasteiger partial charge on any atom is 0.131 e. The van der Waals surface area contributed by atoms with Crippen molar-refractivity contribution in [2.75, 3.05) is 5.32 Å². The maximum absolute atomic E-state index is 13.4. The van der Waals surface area contributed by atoms with Crippen LogP contribution in [0.5, 0.6) is 0 Å². The van der Waals surface area contributed by atoms with Crippen LogP contribution < -0.4 is 5.32 Å². The zero-order chi connectivity index (χ0) is 13.1. The molecule has 0 amide bonds. The highest BCUT2D eigenvalue weighted by molar-refractivity contribution is 9.11. The molecule has 0 radical (unpaired) electrons. The van der Waals surface area contributed by atoms with E-state index in [0.29, 0.717) is 0 Å². The standard InChI is InChI=1S/C13H9Br2F2N/c14-8-4-5-10(15)13(6-8)18-7-9-11(16)2-1-3-12(9)17/h1-6,18H,7H2. The fourth-order valence-corrected chi connectivity index (χ4v) is 2.27. The Hall–Kier alpha value is -0.940. The first-order valence-electron chi connectivity index (χ1n) is 5.20. The predicted octanol–water partition coefficient (Wildman–Crippen LogP) is 5.10. The van der Waals surface area contributed by atoms with E-state index in [4.69, 9.17) is 0 Å². The van der Waals surface area contributed by atoms with Gasteiger partial charge in [0, 0.05) is 26.7 Å². The first-order valence-corrected chi connectivity index (χ1v) is 6.78. The number of benzene rings is 2. The Morgan fingerprint density at radius 2 is 1.67 bits per heavy atom. The van der Waals surface area contributed by atoms with Crippen molar-refractivity contribution in [3.8, 4) is 0 Å². The van der Waals surface area contributed by atoms with Gasteiger partial charge >= 0.3 is 0 Å². The molecule has 0 bridgehead atoms. The highest BCUT2D eigenvalue weighted by atomic mass is 79.9. The van der Waals surface area contributed by atoms with Gasteiger partial charge in [-0.2, -0.15) is 0 Å². The molecule has 2 aromatic rings. The third kappa shape index (κ3) is 3.09. The quantitative estimate of drug-likeness (QED) is 0.785. The summed E-state index contributed by atoms with van der Waals surface area (Å²) in [5.41, 5.74) is 0.802. The van der Waals surface area contributed by atoms with Crippen LogP contribution in [-0.2, 0) is 6.54 Å². The maximum atomic E-state index is 13.4. The molecular weight excluding hydrogens is 368 g/mol. The van der Waals surface area contributed by atoms with E-state index in [1.54, 1.807) is 0 Å². The predicted molar refractivity (Wildman–Crippen MR) is 75.5 cm³/mol. The van der Waals surface area contributed by atoms with Gasteiger partial charge in [-0.15, -0.1) is 0 Å². The minimum atomic E-state index is -0.548. The number of hydrogen-bond acceptors (Lipinski definition) is 1. The molecule has 18 heavy (non-hydrogen) atoms. The summed E-state index contributed by atoms with van der Waals surface area (Å²) < 4.78 is 28.6. The third-order valence-electron chi connectivity index (χ3n) is 2.45. The molecule has 94 valence electrons. The molecule has 0 heterocycles. The minimum absolute atomic E-state index is 0.0318. The van der Waals surface area contributed by atoms with Crippen molar-refractivity contribution < 1.29 is 8.78 Å². The van der Waals surface area contributed by atoms with Crippen molar-refractivity contribution in [1.29, 1.82) is 0 Å². The molecule has 2 aromatic carbocycles. The van der Waals surface area contributed by atoms with E-state index >= 15 is 0 Å². The average Bonchev–Trinajstić information content (AvgIpc) is 2.33. The van der Waals surface area contributed by atoms with Gasteiger partial charge in [-0.1, -0.05) is 22.0 Å². The Morgan fingerprint density at radius 1 is 1.00 bits per heavy atom. The molecule has 5 heteroatoms. The molecule has 2 rings (SSSR count). The van der Waals surface area contributed by atoms with Crippen molar-refractivity contribution in [1.82, 2.24) is 0 Å². The van der Waals surface area contributed by atoms with Crippen LogP contribution in [0, 0.1) is 11.6 Å². The van der Waals surface area contributed by atoms with Crippen LogP contribution in [0.25, 0.3) is 0 Å². The number of nitrogens with one attached hydrogen (secondary N) is 1. The van der Waals surface area contributed by atoms with E-state index in [0.717, 1.165) is 14.6 Å². The van der Waals surface area contributed by atoms with E-state index < -0.39 is 11.6 Å². The Morgan fingerprint density at radius 3 is 2.33 bits per heavy atom. The lowest BCUT2D eigenvalue weighted by Gasteiger charge is -2.10. The zero-order valence-electron chi connectivity index (χ0n) is 9.18. The molecule has 1 N–H and O–H groups in total. The van der Waals surface area contributed by atoms with Gasteiger partial charge in [-0.3, -0.25) is 0 Å². The number of rotatable bonds is 3. The zero-order valence-corrected chi connectivity index (χ0v) is 12.4. The van der Waals surface area contributed by atoms with Gasteiger partial charge in [0.25, 0.3) is 0 Å². The van der Waals surface area contributed by atoms with E-state index in [1.165, 1.54) is 18.2 Å². The third-order valence-corrected chi connectivity index (χ3v) is 3.63. The number of anilines is 1. The van der Waals surface area contributed by atoms with Crippen molar-refractivity contribution in [3.63, 3.8) is 0 Å². The summed E-state index contributed by atoms with van der Waals surface area (Å²) in [7, 11) is 0. The Labute approximate surface area is 120 Å². The molecule has 0 spiro atoms. The van der Waals surface area contributed by atoms with Gasteiger partial charge < -0.3 is 5.32 Å².